The van der Waals surface area contributed by atoms with E-state index in [1.807, 2.05) is 0 Å². The van der Waals surface area contributed by atoms with Crippen LogP contribution in [0, 0.1) is 12.8 Å². The summed E-state index contributed by atoms with van der Waals surface area (Å²) in [4.78, 5) is 2.61. The first-order valence-electron chi connectivity index (χ1n) is 8.16. The van der Waals surface area contributed by atoms with Crippen molar-refractivity contribution in [2.45, 2.75) is 59.5 Å². The lowest BCUT2D eigenvalue weighted by molar-refractivity contribution is 0.112. The highest BCUT2D eigenvalue weighted by Crippen LogP contribution is 2.29. The zero-order valence-corrected chi connectivity index (χ0v) is 15.8. The van der Waals surface area contributed by atoms with Crippen molar-refractivity contribution in [2.24, 2.45) is 11.7 Å². The maximum absolute atomic E-state index is 6.16. The van der Waals surface area contributed by atoms with E-state index in [-0.39, 0.29) is 0 Å². The molecule has 1 atom stereocenters. The lowest BCUT2D eigenvalue weighted by Gasteiger charge is -2.38. The Bertz CT molecular complexity index is 427. The van der Waals surface area contributed by atoms with Crippen LogP contribution in [-0.4, -0.2) is 24.0 Å². The summed E-state index contributed by atoms with van der Waals surface area (Å²) in [5.74, 6) is 0.647. The van der Waals surface area contributed by atoms with Gasteiger partial charge in [-0.15, -0.1) is 0 Å². The van der Waals surface area contributed by atoms with Crippen molar-refractivity contribution in [1.82, 2.24) is 4.90 Å². The van der Waals surface area contributed by atoms with Crippen molar-refractivity contribution in [2.75, 3.05) is 13.1 Å². The molecule has 1 unspecified atom stereocenters. The highest BCUT2D eigenvalue weighted by Gasteiger charge is 2.25. The van der Waals surface area contributed by atoms with Crippen molar-refractivity contribution >= 4 is 15.9 Å². The maximum Gasteiger partial charge on any atom is 0.0473 e. The molecule has 1 aromatic rings. The number of nitrogens with zero attached hydrogens (tertiary/aromatic N) is 1. The van der Waals surface area contributed by atoms with Crippen molar-refractivity contribution in [3.05, 3.63) is 33.8 Å². The molecule has 2 N–H and O–H groups in total. The van der Waals surface area contributed by atoms with E-state index in [2.05, 4.69) is 73.6 Å². The monoisotopic (exact) mass is 354 g/mol. The van der Waals surface area contributed by atoms with E-state index in [0.29, 0.717) is 24.5 Å². The minimum absolute atomic E-state index is 0.300. The Balaban J connectivity index is 3.12. The number of hydrogen-bond donors (Lipinski definition) is 1. The fourth-order valence-electron chi connectivity index (χ4n) is 2.99. The Hall–Kier alpha value is -0.380. The first-order valence-corrected chi connectivity index (χ1v) is 8.95. The van der Waals surface area contributed by atoms with Crippen molar-refractivity contribution in [1.29, 1.82) is 0 Å². The highest BCUT2D eigenvalue weighted by atomic mass is 79.9. The van der Waals surface area contributed by atoms with Gasteiger partial charge in [-0.3, -0.25) is 4.90 Å². The molecule has 1 rings (SSSR count). The molecule has 3 heteroatoms. The van der Waals surface area contributed by atoms with Gasteiger partial charge in [-0.05, 0) is 42.9 Å². The predicted octanol–water partition coefficient (Wildman–Crippen LogP) is 4.90. The van der Waals surface area contributed by atoms with Crippen LogP contribution in [-0.2, 0) is 0 Å². The lowest BCUT2D eigenvalue weighted by atomic mass is 9.98. The quantitative estimate of drug-likeness (QED) is 0.718. The molecule has 0 radical (unpaired) electrons. The molecule has 120 valence electrons. The second-order valence-electron chi connectivity index (χ2n) is 6.32. The van der Waals surface area contributed by atoms with Gasteiger partial charge in [0.25, 0.3) is 0 Å². The molecule has 1 aromatic carbocycles. The number of hydrogen-bond acceptors (Lipinski definition) is 2. The lowest BCUT2D eigenvalue weighted by Crippen LogP contribution is -2.43. The Morgan fingerprint density at radius 2 is 1.81 bits per heavy atom. The third-order valence-corrected chi connectivity index (χ3v) is 5.05. The van der Waals surface area contributed by atoms with E-state index in [4.69, 9.17) is 5.73 Å². The minimum atomic E-state index is 0.300. The Kier molecular flexibility index (Phi) is 7.93. The van der Waals surface area contributed by atoms with Crippen LogP contribution in [0.5, 0.6) is 0 Å². The van der Waals surface area contributed by atoms with Gasteiger partial charge in [-0.25, -0.2) is 0 Å². The Labute approximate surface area is 139 Å². The summed E-state index contributed by atoms with van der Waals surface area (Å²) < 4.78 is 1.17. The zero-order chi connectivity index (χ0) is 16.0. The summed E-state index contributed by atoms with van der Waals surface area (Å²) in [6, 6.07) is 7.55. The van der Waals surface area contributed by atoms with Crippen LogP contribution < -0.4 is 5.73 Å². The van der Waals surface area contributed by atoms with Gasteiger partial charge < -0.3 is 5.73 Å². The smallest absolute Gasteiger partial charge is 0.0473 e. The fraction of sp³-hybridized carbons (Fsp3) is 0.667. The topological polar surface area (TPSA) is 29.3 Å². The van der Waals surface area contributed by atoms with E-state index >= 15 is 0 Å². The summed E-state index contributed by atoms with van der Waals surface area (Å²) in [6.07, 6.45) is 2.35. The normalized spacial score (nSPS) is 13.4. The first-order chi connectivity index (χ1) is 9.94. The largest absolute Gasteiger partial charge is 0.329 e. The van der Waals surface area contributed by atoms with Gasteiger partial charge in [-0.2, -0.15) is 0 Å². The molecule has 0 saturated heterocycles. The Morgan fingerprint density at radius 3 is 2.24 bits per heavy atom. The van der Waals surface area contributed by atoms with Crippen LogP contribution in [0.15, 0.2) is 22.7 Å². The molecule has 0 fully saturated rings. The van der Waals surface area contributed by atoms with Gasteiger partial charge >= 0.3 is 0 Å². The molecule has 0 bridgehead atoms. The molecular formula is C18H31BrN2. The fourth-order valence-corrected chi connectivity index (χ4v) is 3.39. The third-order valence-electron chi connectivity index (χ3n) is 4.19. The van der Waals surface area contributed by atoms with Gasteiger partial charge in [0, 0.05) is 29.6 Å². The summed E-state index contributed by atoms with van der Waals surface area (Å²) in [7, 11) is 0. The van der Waals surface area contributed by atoms with Crippen LogP contribution in [0.2, 0.25) is 0 Å². The average Bonchev–Trinajstić information content (AvgIpc) is 2.44. The van der Waals surface area contributed by atoms with Crippen molar-refractivity contribution < 1.29 is 0 Å². The minimum Gasteiger partial charge on any atom is -0.329 e. The molecule has 0 aromatic heterocycles. The van der Waals surface area contributed by atoms with Gasteiger partial charge in [-0.1, -0.05) is 55.8 Å². The number of rotatable bonds is 8. The van der Waals surface area contributed by atoms with Crippen LogP contribution >= 0.6 is 15.9 Å². The summed E-state index contributed by atoms with van der Waals surface area (Å²) in [6.45, 7) is 13.0. The van der Waals surface area contributed by atoms with Crippen molar-refractivity contribution in [3.63, 3.8) is 0 Å². The molecule has 0 heterocycles. The standard InChI is InChI=1S/C18H31BrN2/c1-6-16(7-2)21(12-13(3)4)18(11-20)15-9-8-14(5)17(19)10-15/h8-10,13,16,18H,6-7,11-12,20H2,1-5H3. The predicted molar refractivity (Wildman–Crippen MR) is 96.6 cm³/mol. The van der Waals surface area contributed by atoms with Gasteiger partial charge in [0.1, 0.15) is 0 Å². The summed E-state index contributed by atoms with van der Waals surface area (Å²) >= 11 is 3.66. The zero-order valence-electron chi connectivity index (χ0n) is 14.2. The third kappa shape index (κ3) is 5.08. The van der Waals surface area contributed by atoms with E-state index < -0.39 is 0 Å². The summed E-state index contributed by atoms with van der Waals surface area (Å²) in [5, 5.41) is 0. The molecule has 0 amide bonds. The van der Waals surface area contributed by atoms with Crippen LogP contribution in [0.25, 0.3) is 0 Å². The number of halogens is 1. The van der Waals surface area contributed by atoms with Crippen LogP contribution in [0.4, 0.5) is 0 Å². The molecule has 0 spiro atoms. The maximum atomic E-state index is 6.16. The van der Waals surface area contributed by atoms with E-state index in [0.717, 1.165) is 6.54 Å². The van der Waals surface area contributed by atoms with E-state index in [9.17, 15) is 0 Å². The van der Waals surface area contributed by atoms with Gasteiger partial charge in [0.2, 0.25) is 0 Å². The Morgan fingerprint density at radius 1 is 1.19 bits per heavy atom. The molecule has 2 nitrogen and oxygen atoms in total. The molecule has 0 aliphatic rings. The first kappa shape index (κ1) is 18.7. The van der Waals surface area contributed by atoms with Crippen molar-refractivity contribution in [3.8, 4) is 0 Å². The highest BCUT2D eigenvalue weighted by molar-refractivity contribution is 9.10. The van der Waals surface area contributed by atoms with Crippen LogP contribution in [0.1, 0.15) is 57.7 Å². The molecule has 0 aliphatic carbocycles. The van der Waals surface area contributed by atoms with Gasteiger partial charge in [0.05, 0.1) is 0 Å². The summed E-state index contributed by atoms with van der Waals surface area (Å²) in [5.41, 5.74) is 8.75. The van der Waals surface area contributed by atoms with E-state index in [1.54, 1.807) is 0 Å². The molecule has 0 saturated carbocycles. The SMILES string of the molecule is CCC(CC)N(CC(C)C)C(CN)c1ccc(C)c(Br)c1. The number of nitrogens with two attached hydrogens (primary N) is 1. The molecule has 21 heavy (non-hydrogen) atoms. The van der Waals surface area contributed by atoms with E-state index in [1.165, 1.54) is 28.4 Å². The molecule has 0 aliphatic heterocycles. The van der Waals surface area contributed by atoms with Gasteiger partial charge in [0.15, 0.2) is 0 Å². The van der Waals surface area contributed by atoms with Crippen LogP contribution in [0.3, 0.4) is 0 Å². The number of benzene rings is 1. The second-order valence-corrected chi connectivity index (χ2v) is 7.18. The molecular weight excluding hydrogens is 324 g/mol. The number of aryl methyl sites for hydroxylation is 1. The average molecular weight is 355 g/mol. The second kappa shape index (κ2) is 8.92.